The Hall–Kier alpha value is -0.530. The quantitative estimate of drug-likeness (QED) is 0.537. The standard InChI is InChI=1S/C15H31NO/c1-4-7-9-10-11-13-16-15(17)14(6-3)12-8-5-2/h14H,4-13H2,1-3H3,(H,16,17). The summed E-state index contributed by atoms with van der Waals surface area (Å²) < 4.78 is 0. The molecule has 0 spiro atoms. The molecule has 1 N–H and O–H groups in total. The second-order valence-corrected chi connectivity index (χ2v) is 4.95. The first kappa shape index (κ1) is 16.5. The van der Waals surface area contributed by atoms with Gasteiger partial charge >= 0.3 is 0 Å². The molecule has 0 aliphatic carbocycles. The van der Waals surface area contributed by atoms with E-state index in [9.17, 15) is 4.79 Å². The first-order valence-corrected chi connectivity index (χ1v) is 7.53. The fraction of sp³-hybridized carbons (Fsp3) is 0.933. The van der Waals surface area contributed by atoms with Crippen molar-refractivity contribution in [3.05, 3.63) is 0 Å². The highest BCUT2D eigenvalue weighted by atomic mass is 16.1. The normalized spacial score (nSPS) is 12.4. The lowest BCUT2D eigenvalue weighted by atomic mass is 9.98. The maximum Gasteiger partial charge on any atom is 0.223 e. The molecule has 0 bridgehead atoms. The third-order valence-electron chi connectivity index (χ3n) is 3.35. The van der Waals surface area contributed by atoms with E-state index in [1.54, 1.807) is 0 Å². The van der Waals surface area contributed by atoms with Gasteiger partial charge < -0.3 is 5.32 Å². The maximum absolute atomic E-state index is 11.9. The molecular weight excluding hydrogens is 210 g/mol. The van der Waals surface area contributed by atoms with Crippen LogP contribution in [-0.4, -0.2) is 12.5 Å². The molecule has 0 aliphatic rings. The van der Waals surface area contributed by atoms with Crippen LogP contribution < -0.4 is 5.32 Å². The summed E-state index contributed by atoms with van der Waals surface area (Å²) in [5, 5.41) is 3.08. The Morgan fingerprint density at radius 3 is 2.18 bits per heavy atom. The highest BCUT2D eigenvalue weighted by Gasteiger charge is 2.14. The Bertz CT molecular complexity index is 180. The lowest BCUT2D eigenvalue weighted by molar-refractivity contribution is -0.125. The average Bonchev–Trinajstić information content (AvgIpc) is 2.34. The van der Waals surface area contributed by atoms with Crippen LogP contribution >= 0.6 is 0 Å². The summed E-state index contributed by atoms with van der Waals surface area (Å²) in [6, 6.07) is 0. The third-order valence-corrected chi connectivity index (χ3v) is 3.35. The van der Waals surface area contributed by atoms with Crippen LogP contribution in [0.15, 0.2) is 0 Å². The second-order valence-electron chi connectivity index (χ2n) is 4.95. The SMILES string of the molecule is CCCCCCCNC(=O)C(CC)CCCC. The lowest BCUT2D eigenvalue weighted by Crippen LogP contribution is -2.31. The Balaban J connectivity index is 3.54. The van der Waals surface area contributed by atoms with Gasteiger partial charge in [0.2, 0.25) is 5.91 Å². The molecule has 0 radical (unpaired) electrons. The second kappa shape index (κ2) is 11.9. The summed E-state index contributed by atoms with van der Waals surface area (Å²) in [5.41, 5.74) is 0. The molecule has 0 aromatic rings. The van der Waals surface area contributed by atoms with Crippen LogP contribution in [0.25, 0.3) is 0 Å². The molecule has 1 atom stereocenters. The van der Waals surface area contributed by atoms with Crippen molar-refractivity contribution in [1.82, 2.24) is 5.32 Å². The van der Waals surface area contributed by atoms with Gasteiger partial charge in [0.15, 0.2) is 0 Å². The molecule has 0 fully saturated rings. The molecule has 0 rings (SSSR count). The molecule has 0 saturated carbocycles. The Kier molecular flexibility index (Phi) is 11.6. The average molecular weight is 241 g/mol. The molecule has 0 saturated heterocycles. The zero-order chi connectivity index (χ0) is 12.9. The fourth-order valence-corrected chi connectivity index (χ4v) is 2.06. The van der Waals surface area contributed by atoms with Gasteiger partial charge in [-0.3, -0.25) is 4.79 Å². The zero-order valence-electron chi connectivity index (χ0n) is 12.1. The monoisotopic (exact) mass is 241 g/mol. The smallest absolute Gasteiger partial charge is 0.223 e. The van der Waals surface area contributed by atoms with Crippen molar-refractivity contribution in [3.8, 4) is 0 Å². The molecule has 1 unspecified atom stereocenters. The number of rotatable bonds is 11. The minimum Gasteiger partial charge on any atom is -0.356 e. The molecule has 17 heavy (non-hydrogen) atoms. The van der Waals surface area contributed by atoms with E-state index in [0.717, 1.165) is 25.8 Å². The van der Waals surface area contributed by atoms with E-state index in [1.165, 1.54) is 38.5 Å². The van der Waals surface area contributed by atoms with Gasteiger partial charge in [-0.25, -0.2) is 0 Å². The van der Waals surface area contributed by atoms with Crippen LogP contribution in [0.3, 0.4) is 0 Å². The van der Waals surface area contributed by atoms with Crippen molar-refractivity contribution in [2.45, 2.75) is 78.6 Å². The van der Waals surface area contributed by atoms with Gasteiger partial charge in [0.1, 0.15) is 0 Å². The van der Waals surface area contributed by atoms with Gasteiger partial charge in [0.25, 0.3) is 0 Å². The molecule has 0 aromatic carbocycles. The van der Waals surface area contributed by atoms with Crippen LogP contribution in [0.5, 0.6) is 0 Å². The predicted molar refractivity (Wildman–Crippen MR) is 75.1 cm³/mol. The number of carbonyl (C=O) groups excluding carboxylic acids is 1. The topological polar surface area (TPSA) is 29.1 Å². The predicted octanol–water partition coefficient (Wildman–Crippen LogP) is 4.29. The number of amides is 1. The van der Waals surface area contributed by atoms with Crippen molar-refractivity contribution >= 4 is 5.91 Å². The van der Waals surface area contributed by atoms with Crippen LogP contribution in [0.4, 0.5) is 0 Å². The number of carbonyl (C=O) groups is 1. The zero-order valence-corrected chi connectivity index (χ0v) is 12.1. The molecular formula is C15H31NO. The van der Waals surface area contributed by atoms with Gasteiger partial charge in [-0.05, 0) is 19.3 Å². The van der Waals surface area contributed by atoms with E-state index in [2.05, 4.69) is 26.1 Å². The van der Waals surface area contributed by atoms with Gasteiger partial charge in [-0.1, -0.05) is 59.3 Å². The van der Waals surface area contributed by atoms with Crippen molar-refractivity contribution in [1.29, 1.82) is 0 Å². The minimum absolute atomic E-state index is 0.241. The summed E-state index contributed by atoms with van der Waals surface area (Å²) in [4.78, 5) is 11.9. The summed E-state index contributed by atoms with van der Waals surface area (Å²) in [6.45, 7) is 7.38. The highest BCUT2D eigenvalue weighted by molar-refractivity contribution is 5.78. The van der Waals surface area contributed by atoms with Crippen molar-refractivity contribution < 1.29 is 4.79 Å². The van der Waals surface area contributed by atoms with Gasteiger partial charge in [0.05, 0.1) is 0 Å². The first-order valence-electron chi connectivity index (χ1n) is 7.53. The van der Waals surface area contributed by atoms with E-state index in [1.807, 2.05) is 0 Å². The number of nitrogens with one attached hydrogen (secondary N) is 1. The van der Waals surface area contributed by atoms with Crippen molar-refractivity contribution in [2.24, 2.45) is 5.92 Å². The minimum atomic E-state index is 0.241. The Morgan fingerprint density at radius 1 is 0.941 bits per heavy atom. The van der Waals surface area contributed by atoms with E-state index in [0.29, 0.717) is 0 Å². The van der Waals surface area contributed by atoms with Crippen LogP contribution in [0.1, 0.15) is 78.6 Å². The third kappa shape index (κ3) is 9.20. The number of hydrogen-bond acceptors (Lipinski definition) is 1. The van der Waals surface area contributed by atoms with Crippen LogP contribution in [0, 0.1) is 5.92 Å². The van der Waals surface area contributed by atoms with E-state index in [-0.39, 0.29) is 11.8 Å². The molecule has 0 heterocycles. The van der Waals surface area contributed by atoms with E-state index < -0.39 is 0 Å². The van der Waals surface area contributed by atoms with Crippen LogP contribution in [-0.2, 0) is 4.79 Å². The van der Waals surface area contributed by atoms with Gasteiger partial charge in [0, 0.05) is 12.5 Å². The van der Waals surface area contributed by atoms with Crippen molar-refractivity contribution in [3.63, 3.8) is 0 Å². The fourth-order valence-electron chi connectivity index (χ4n) is 2.06. The number of hydrogen-bond donors (Lipinski definition) is 1. The first-order chi connectivity index (χ1) is 8.26. The molecule has 2 nitrogen and oxygen atoms in total. The molecule has 0 aromatic heterocycles. The van der Waals surface area contributed by atoms with Crippen molar-refractivity contribution in [2.75, 3.05) is 6.54 Å². The summed E-state index contributed by atoms with van der Waals surface area (Å²) in [5.74, 6) is 0.516. The maximum atomic E-state index is 11.9. The van der Waals surface area contributed by atoms with E-state index in [4.69, 9.17) is 0 Å². The lowest BCUT2D eigenvalue weighted by Gasteiger charge is -2.14. The summed E-state index contributed by atoms with van der Waals surface area (Å²) >= 11 is 0. The number of unbranched alkanes of at least 4 members (excludes halogenated alkanes) is 5. The summed E-state index contributed by atoms with van der Waals surface area (Å²) in [6.07, 6.45) is 10.7. The Morgan fingerprint density at radius 2 is 1.59 bits per heavy atom. The largest absolute Gasteiger partial charge is 0.356 e. The molecule has 1 amide bonds. The van der Waals surface area contributed by atoms with E-state index >= 15 is 0 Å². The van der Waals surface area contributed by atoms with Gasteiger partial charge in [-0.15, -0.1) is 0 Å². The highest BCUT2D eigenvalue weighted by Crippen LogP contribution is 2.12. The van der Waals surface area contributed by atoms with Crippen LogP contribution in [0.2, 0.25) is 0 Å². The molecule has 2 heteroatoms. The summed E-state index contributed by atoms with van der Waals surface area (Å²) in [7, 11) is 0. The molecule has 0 aliphatic heterocycles. The Labute approximate surface area is 108 Å². The molecule has 102 valence electrons. The van der Waals surface area contributed by atoms with Gasteiger partial charge in [-0.2, -0.15) is 0 Å².